The van der Waals surface area contributed by atoms with Gasteiger partial charge in [0, 0.05) is 35.1 Å². The molecule has 0 aliphatic rings. The smallest absolute Gasteiger partial charge is 0.269 e. The summed E-state index contributed by atoms with van der Waals surface area (Å²) in [6, 6.07) is 6.27. The van der Waals surface area contributed by atoms with Gasteiger partial charge in [0.15, 0.2) is 0 Å². The normalized spacial score (nSPS) is 11.9. The summed E-state index contributed by atoms with van der Waals surface area (Å²) in [5.74, 6) is 0.909. The molecule has 1 aromatic carbocycles. The van der Waals surface area contributed by atoms with Gasteiger partial charge in [0.25, 0.3) is 5.69 Å². The molecule has 0 saturated heterocycles. The highest BCUT2D eigenvalue weighted by Crippen LogP contribution is 2.28. The summed E-state index contributed by atoms with van der Waals surface area (Å²) >= 11 is 8.10. The predicted octanol–water partition coefficient (Wildman–Crippen LogP) is 4.32. The summed E-state index contributed by atoms with van der Waals surface area (Å²) in [5, 5.41) is 10.5. The Balaban J connectivity index is 2.46. The quantitative estimate of drug-likeness (QED) is 0.335. The molecule has 0 N–H and O–H groups in total. The number of hydrogen-bond donors (Lipinski definition) is 0. The number of rotatable bonds is 6. The Morgan fingerprint density at radius 1 is 1.40 bits per heavy atom. The van der Waals surface area contributed by atoms with Crippen LogP contribution in [0.25, 0.3) is 0 Å². The molecular formula is C13H15NO3S3. The number of non-ortho nitro benzene ring substituents is 1. The topological polar surface area (TPSA) is 60.2 Å². The molecule has 4 nitrogen and oxygen atoms in total. The lowest BCUT2D eigenvalue weighted by atomic mass is 10.1. The first-order valence-electron chi connectivity index (χ1n) is 6.05. The maximum atomic E-state index is 11.5. The van der Waals surface area contributed by atoms with Crippen LogP contribution in [0.15, 0.2) is 29.2 Å². The van der Waals surface area contributed by atoms with Crippen LogP contribution in [-0.4, -0.2) is 20.0 Å². The molecule has 1 atom stereocenters. The summed E-state index contributed by atoms with van der Waals surface area (Å²) < 4.78 is 0.717. The fourth-order valence-electron chi connectivity index (χ4n) is 1.40. The number of ketones is 1. The Morgan fingerprint density at radius 2 is 2.00 bits per heavy atom. The van der Waals surface area contributed by atoms with Gasteiger partial charge in [-0.25, -0.2) is 0 Å². The van der Waals surface area contributed by atoms with Crippen molar-refractivity contribution in [2.24, 2.45) is 5.92 Å². The van der Waals surface area contributed by atoms with Crippen molar-refractivity contribution < 1.29 is 9.72 Å². The Labute approximate surface area is 131 Å². The van der Waals surface area contributed by atoms with Crippen LogP contribution < -0.4 is 0 Å². The second kappa shape index (κ2) is 8.39. The largest absolute Gasteiger partial charge is 0.299 e. The van der Waals surface area contributed by atoms with E-state index in [1.165, 1.54) is 35.7 Å². The lowest BCUT2D eigenvalue weighted by Crippen LogP contribution is -2.12. The maximum absolute atomic E-state index is 11.5. The van der Waals surface area contributed by atoms with E-state index in [0.717, 1.165) is 8.42 Å². The Morgan fingerprint density at radius 3 is 2.50 bits per heavy atom. The third kappa shape index (κ3) is 5.60. The number of benzene rings is 1. The van der Waals surface area contributed by atoms with Gasteiger partial charge in [-0.1, -0.05) is 37.8 Å². The number of hydrogen-bond acceptors (Lipinski definition) is 6. The van der Waals surface area contributed by atoms with E-state index in [1.54, 1.807) is 12.1 Å². The zero-order valence-corrected chi connectivity index (χ0v) is 13.6. The van der Waals surface area contributed by atoms with Gasteiger partial charge in [0.1, 0.15) is 9.31 Å². The minimum atomic E-state index is -0.431. The first-order chi connectivity index (χ1) is 9.43. The third-order valence-corrected chi connectivity index (χ3v) is 5.38. The summed E-state index contributed by atoms with van der Waals surface area (Å²) in [4.78, 5) is 22.4. The molecule has 0 saturated carbocycles. The molecular weight excluding hydrogens is 314 g/mol. The van der Waals surface area contributed by atoms with Crippen LogP contribution in [-0.2, 0) is 4.79 Å². The molecule has 7 heteroatoms. The fraction of sp³-hybridized carbons (Fsp3) is 0.385. The molecule has 1 aromatic rings. The molecule has 108 valence electrons. The van der Waals surface area contributed by atoms with Crippen molar-refractivity contribution in [3.63, 3.8) is 0 Å². The van der Waals surface area contributed by atoms with Crippen LogP contribution in [0.3, 0.4) is 0 Å². The molecule has 0 spiro atoms. The number of thioether (sulfide) groups is 2. The minimum absolute atomic E-state index is 0.000380. The Hall–Kier alpha value is -0.920. The second-order valence-corrected chi connectivity index (χ2v) is 7.43. The maximum Gasteiger partial charge on any atom is 0.269 e. The van der Waals surface area contributed by atoms with E-state index in [2.05, 4.69) is 0 Å². The van der Waals surface area contributed by atoms with Crippen molar-refractivity contribution in [1.82, 2.24) is 0 Å². The summed E-state index contributed by atoms with van der Waals surface area (Å²) in [7, 11) is 0. The summed E-state index contributed by atoms with van der Waals surface area (Å²) in [6.45, 7) is 3.76. The fourth-order valence-corrected chi connectivity index (χ4v) is 3.65. The highest BCUT2D eigenvalue weighted by molar-refractivity contribution is 8.47. The average molecular weight is 329 g/mol. The van der Waals surface area contributed by atoms with Gasteiger partial charge in [0.2, 0.25) is 0 Å². The first kappa shape index (κ1) is 17.1. The molecule has 0 amide bonds. The van der Waals surface area contributed by atoms with E-state index >= 15 is 0 Å². The van der Waals surface area contributed by atoms with Gasteiger partial charge >= 0.3 is 0 Å². The molecule has 0 aromatic heterocycles. The van der Waals surface area contributed by atoms with Crippen molar-refractivity contribution in [3.8, 4) is 0 Å². The van der Waals surface area contributed by atoms with Gasteiger partial charge in [-0.2, -0.15) is 0 Å². The van der Waals surface area contributed by atoms with E-state index < -0.39 is 4.92 Å². The minimum Gasteiger partial charge on any atom is -0.299 e. The number of carbonyl (C=O) groups is 1. The van der Waals surface area contributed by atoms with Gasteiger partial charge in [-0.15, -0.1) is 11.8 Å². The van der Waals surface area contributed by atoms with Gasteiger partial charge in [0.05, 0.1) is 4.92 Å². The number of nitrogens with zero attached hydrogens (tertiary/aromatic N) is 1. The van der Waals surface area contributed by atoms with Crippen molar-refractivity contribution in [2.75, 3.05) is 5.75 Å². The number of carbonyl (C=O) groups excluding carboxylic acids is 1. The van der Waals surface area contributed by atoms with Crippen molar-refractivity contribution >= 4 is 50.7 Å². The number of Topliss-reactive ketones (excluding diaryl/α,β-unsaturated/α-hetero) is 1. The van der Waals surface area contributed by atoms with E-state index in [0.29, 0.717) is 12.2 Å². The summed E-state index contributed by atoms with van der Waals surface area (Å²) in [6.07, 6.45) is 0.546. The monoisotopic (exact) mass is 329 g/mol. The Bertz CT molecular complexity index is 502. The predicted molar refractivity (Wildman–Crippen MR) is 88.5 cm³/mol. The highest BCUT2D eigenvalue weighted by Gasteiger charge is 2.12. The van der Waals surface area contributed by atoms with Gasteiger partial charge in [-0.05, 0) is 12.1 Å². The van der Waals surface area contributed by atoms with E-state index in [-0.39, 0.29) is 17.4 Å². The number of nitro benzene ring substituents is 1. The molecule has 0 fully saturated rings. The summed E-state index contributed by atoms with van der Waals surface area (Å²) in [5.41, 5.74) is 0.0649. The first-order valence-corrected chi connectivity index (χ1v) is 8.26. The highest BCUT2D eigenvalue weighted by atomic mass is 32.2. The Kier molecular flexibility index (Phi) is 7.18. The van der Waals surface area contributed by atoms with Gasteiger partial charge < -0.3 is 0 Å². The van der Waals surface area contributed by atoms with Crippen LogP contribution in [0.2, 0.25) is 0 Å². The molecule has 0 heterocycles. The number of thiocarbonyl (C=S) groups is 1. The van der Waals surface area contributed by atoms with Gasteiger partial charge in [-0.3, -0.25) is 14.9 Å². The molecule has 0 radical (unpaired) electrons. The SMILES string of the molecule is CCC(=O)C(C)CSC(=S)Sc1ccc([N+](=O)[O-])cc1. The molecule has 1 unspecified atom stereocenters. The van der Waals surface area contributed by atoms with E-state index in [4.69, 9.17) is 12.2 Å². The van der Waals surface area contributed by atoms with Crippen LogP contribution in [0.5, 0.6) is 0 Å². The lowest BCUT2D eigenvalue weighted by molar-refractivity contribution is -0.384. The van der Waals surface area contributed by atoms with E-state index in [1.807, 2.05) is 13.8 Å². The molecule has 0 bridgehead atoms. The van der Waals surface area contributed by atoms with Crippen LogP contribution in [0, 0.1) is 16.0 Å². The zero-order chi connectivity index (χ0) is 15.1. The van der Waals surface area contributed by atoms with Crippen LogP contribution in [0.1, 0.15) is 20.3 Å². The zero-order valence-electron chi connectivity index (χ0n) is 11.2. The molecule has 1 rings (SSSR count). The average Bonchev–Trinajstić information content (AvgIpc) is 2.44. The second-order valence-electron chi connectivity index (χ2n) is 4.13. The number of nitro groups is 1. The van der Waals surface area contributed by atoms with Crippen molar-refractivity contribution in [1.29, 1.82) is 0 Å². The van der Waals surface area contributed by atoms with E-state index in [9.17, 15) is 14.9 Å². The molecule has 0 aliphatic carbocycles. The molecule has 0 aliphatic heterocycles. The van der Waals surface area contributed by atoms with Crippen LogP contribution >= 0.6 is 35.7 Å². The standard InChI is InChI=1S/C13H15NO3S3/c1-3-12(15)9(2)8-19-13(18)20-11-6-4-10(5-7-11)14(16)17/h4-7,9H,3,8H2,1-2H3. The van der Waals surface area contributed by atoms with Crippen molar-refractivity contribution in [2.45, 2.75) is 25.2 Å². The van der Waals surface area contributed by atoms with Crippen molar-refractivity contribution in [3.05, 3.63) is 34.4 Å². The molecule has 20 heavy (non-hydrogen) atoms. The van der Waals surface area contributed by atoms with Crippen LogP contribution in [0.4, 0.5) is 5.69 Å². The lowest BCUT2D eigenvalue weighted by Gasteiger charge is -2.08. The third-order valence-electron chi connectivity index (χ3n) is 2.60.